The zero-order chi connectivity index (χ0) is 8.57. The van der Waals surface area contributed by atoms with Gasteiger partial charge < -0.3 is 10.2 Å². The summed E-state index contributed by atoms with van der Waals surface area (Å²) >= 11 is 0. The lowest BCUT2D eigenvalue weighted by Crippen LogP contribution is -1.93. The first-order chi connectivity index (χ1) is 4.54. The molecule has 0 fully saturated rings. The van der Waals surface area contributed by atoms with Crippen molar-refractivity contribution in [2.75, 3.05) is 6.61 Å². The molecule has 62 valence electrons. The standard InChI is InChI=1S/C4H10O.C3H6O2/c1-3-4(2)5;1-3(5)2-4/h4-5H,3H2,1-2H3;4H,2H2,1H3. The van der Waals surface area contributed by atoms with Gasteiger partial charge in [0.15, 0.2) is 5.78 Å². The third kappa shape index (κ3) is 25.6. The van der Waals surface area contributed by atoms with E-state index in [9.17, 15) is 4.79 Å². The molecule has 1 unspecified atom stereocenters. The van der Waals surface area contributed by atoms with E-state index in [0.717, 1.165) is 6.42 Å². The Kier molecular flexibility index (Phi) is 10.6. The van der Waals surface area contributed by atoms with Crippen molar-refractivity contribution in [2.45, 2.75) is 33.3 Å². The zero-order valence-corrected chi connectivity index (χ0v) is 6.79. The Balaban J connectivity index is 0. The van der Waals surface area contributed by atoms with Gasteiger partial charge in [0, 0.05) is 0 Å². The van der Waals surface area contributed by atoms with Crippen molar-refractivity contribution in [1.29, 1.82) is 0 Å². The van der Waals surface area contributed by atoms with Crippen molar-refractivity contribution in [3.8, 4) is 0 Å². The summed E-state index contributed by atoms with van der Waals surface area (Å²) in [5, 5.41) is 16.2. The van der Waals surface area contributed by atoms with Gasteiger partial charge >= 0.3 is 0 Å². The molecule has 3 nitrogen and oxygen atoms in total. The molecule has 0 saturated heterocycles. The number of hydrogen-bond donors (Lipinski definition) is 2. The van der Waals surface area contributed by atoms with Gasteiger partial charge in [-0.2, -0.15) is 0 Å². The maximum atomic E-state index is 9.56. The van der Waals surface area contributed by atoms with Crippen LogP contribution in [0.2, 0.25) is 0 Å². The summed E-state index contributed by atoms with van der Waals surface area (Å²) in [6.07, 6.45) is 0.745. The molecule has 0 aromatic heterocycles. The smallest absolute Gasteiger partial charge is 0.155 e. The maximum absolute atomic E-state index is 9.56. The minimum Gasteiger partial charge on any atom is -0.393 e. The van der Waals surface area contributed by atoms with E-state index in [-0.39, 0.29) is 18.5 Å². The summed E-state index contributed by atoms with van der Waals surface area (Å²) in [4.78, 5) is 9.56. The Morgan fingerprint density at radius 3 is 1.80 bits per heavy atom. The van der Waals surface area contributed by atoms with Crippen LogP contribution in [0.15, 0.2) is 0 Å². The number of rotatable bonds is 2. The lowest BCUT2D eigenvalue weighted by Gasteiger charge is -1.90. The van der Waals surface area contributed by atoms with E-state index in [2.05, 4.69) is 0 Å². The Morgan fingerprint density at radius 2 is 1.80 bits per heavy atom. The van der Waals surface area contributed by atoms with E-state index in [1.54, 1.807) is 6.92 Å². The van der Waals surface area contributed by atoms with Crippen molar-refractivity contribution in [1.82, 2.24) is 0 Å². The average Bonchev–Trinajstić information content (AvgIpc) is 1.89. The normalized spacial score (nSPS) is 11.3. The molecule has 2 N–H and O–H groups in total. The molecule has 0 rings (SSSR count). The maximum Gasteiger partial charge on any atom is 0.155 e. The highest BCUT2D eigenvalue weighted by atomic mass is 16.3. The summed E-state index contributed by atoms with van der Waals surface area (Å²) < 4.78 is 0. The quantitative estimate of drug-likeness (QED) is 0.594. The second-order valence-electron chi connectivity index (χ2n) is 2.12. The van der Waals surface area contributed by atoms with E-state index in [0.29, 0.717) is 0 Å². The first-order valence-electron chi connectivity index (χ1n) is 3.32. The molecule has 0 saturated carbocycles. The Bertz CT molecular complexity index is 78.9. The van der Waals surface area contributed by atoms with Crippen LogP contribution in [-0.2, 0) is 4.79 Å². The van der Waals surface area contributed by atoms with Crippen LogP contribution in [0, 0.1) is 0 Å². The van der Waals surface area contributed by atoms with Gasteiger partial charge in [-0.3, -0.25) is 4.79 Å². The summed E-state index contributed by atoms with van der Waals surface area (Å²) in [6, 6.07) is 0. The highest BCUT2D eigenvalue weighted by Crippen LogP contribution is 1.81. The molecule has 0 radical (unpaired) electrons. The van der Waals surface area contributed by atoms with E-state index >= 15 is 0 Å². The molecule has 0 aromatic carbocycles. The summed E-state index contributed by atoms with van der Waals surface area (Å²) in [5.41, 5.74) is 0. The molecular weight excluding hydrogens is 132 g/mol. The molecule has 10 heavy (non-hydrogen) atoms. The van der Waals surface area contributed by atoms with Gasteiger partial charge in [0.1, 0.15) is 6.61 Å². The Labute approximate surface area is 61.7 Å². The van der Waals surface area contributed by atoms with Gasteiger partial charge in [-0.05, 0) is 20.3 Å². The van der Waals surface area contributed by atoms with Crippen molar-refractivity contribution in [3.05, 3.63) is 0 Å². The van der Waals surface area contributed by atoms with E-state index in [1.807, 2.05) is 6.92 Å². The lowest BCUT2D eigenvalue weighted by molar-refractivity contribution is -0.119. The molecule has 3 heteroatoms. The van der Waals surface area contributed by atoms with Gasteiger partial charge in [0.2, 0.25) is 0 Å². The predicted molar refractivity (Wildman–Crippen MR) is 39.7 cm³/mol. The minimum absolute atomic E-state index is 0.116. The molecular formula is C7H16O3. The highest BCUT2D eigenvalue weighted by molar-refractivity contribution is 5.76. The molecule has 0 aliphatic heterocycles. The highest BCUT2D eigenvalue weighted by Gasteiger charge is 1.81. The van der Waals surface area contributed by atoms with Crippen LogP contribution >= 0.6 is 0 Å². The first-order valence-corrected chi connectivity index (χ1v) is 3.32. The fourth-order valence-corrected chi connectivity index (χ4v) is 0. The van der Waals surface area contributed by atoms with Crippen LogP contribution in [-0.4, -0.2) is 28.7 Å². The van der Waals surface area contributed by atoms with Gasteiger partial charge in [-0.15, -0.1) is 0 Å². The van der Waals surface area contributed by atoms with E-state index < -0.39 is 0 Å². The molecule has 1 atom stereocenters. The van der Waals surface area contributed by atoms with Gasteiger partial charge in [-0.1, -0.05) is 6.92 Å². The second-order valence-corrected chi connectivity index (χ2v) is 2.12. The third-order valence-electron chi connectivity index (χ3n) is 0.813. The number of Topliss-reactive ketones (excluding diaryl/α,β-unsaturated/α-hetero) is 1. The second kappa shape index (κ2) is 8.59. The molecule has 0 spiro atoms. The van der Waals surface area contributed by atoms with Crippen LogP contribution in [0.5, 0.6) is 0 Å². The molecule has 0 aliphatic rings. The first kappa shape index (κ1) is 12.3. The summed E-state index contributed by atoms with van der Waals surface area (Å²) in [6.45, 7) is 4.73. The molecule has 0 bridgehead atoms. The van der Waals surface area contributed by atoms with Crippen LogP contribution in [0.1, 0.15) is 27.2 Å². The van der Waals surface area contributed by atoms with Crippen LogP contribution in [0.25, 0.3) is 0 Å². The number of carbonyl (C=O) groups is 1. The van der Waals surface area contributed by atoms with Crippen molar-refractivity contribution in [3.63, 3.8) is 0 Å². The number of ketones is 1. The van der Waals surface area contributed by atoms with E-state index in [1.165, 1.54) is 6.92 Å². The largest absolute Gasteiger partial charge is 0.393 e. The zero-order valence-electron chi connectivity index (χ0n) is 6.79. The van der Waals surface area contributed by atoms with Crippen molar-refractivity contribution < 1.29 is 15.0 Å². The summed E-state index contributed by atoms with van der Waals surface area (Å²) in [5.74, 6) is -0.190. The fourth-order valence-electron chi connectivity index (χ4n) is 0. The number of aliphatic hydroxyl groups excluding tert-OH is 2. The molecule has 0 heterocycles. The fraction of sp³-hybridized carbons (Fsp3) is 0.857. The van der Waals surface area contributed by atoms with Crippen molar-refractivity contribution in [2.24, 2.45) is 0 Å². The minimum atomic E-state index is -0.333. The SMILES string of the molecule is CC(=O)CO.CCC(C)O. The molecule has 0 aliphatic carbocycles. The third-order valence-corrected chi connectivity index (χ3v) is 0.813. The average molecular weight is 148 g/mol. The molecule has 0 aromatic rings. The van der Waals surface area contributed by atoms with Crippen molar-refractivity contribution >= 4 is 5.78 Å². The predicted octanol–water partition coefficient (Wildman–Crippen LogP) is 0.345. The van der Waals surface area contributed by atoms with Crippen LogP contribution in [0.3, 0.4) is 0 Å². The van der Waals surface area contributed by atoms with Gasteiger partial charge in [0.25, 0.3) is 0 Å². The lowest BCUT2D eigenvalue weighted by atomic mass is 10.3. The number of carbonyl (C=O) groups excluding carboxylic acids is 1. The van der Waals surface area contributed by atoms with Gasteiger partial charge in [-0.25, -0.2) is 0 Å². The molecule has 0 amide bonds. The Morgan fingerprint density at radius 1 is 1.60 bits per heavy atom. The van der Waals surface area contributed by atoms with Crippen LogP contribution in [0.4, 0.5) is 0 Å². The van der Waals surface area contributed by atoms with E-state index in [4.69, 9.17) is 10.2 Å². The Hall–Kier alpha value is -0.410. The van der Waals surface area contributed by atoms with Gasteiger partial charge in [0.05, 0.1) is 6.10 Å². The number of aliphatic hydroxyl groups is 2. The number of hydrogen-bond acceptors (Lipinski definition) is 3. The topological polar surface area (TPSA) is 57.5 Å². The summed E-state index contributed by atoms with van der Waals surface area (Å²) in [7, 11) is 0. The van der Waals surface area contributed by atoms with Crippen LogP contribution < -0.4 is 0 Å². The monoisotopic (exact) mass is 148 g/mol.